The maximum Gasteiger partial charge on any atom is 0.250 e. The normalized spacial score (nSPS) is 17.2. The molecule has 0 N–H and O–H groups in total. The maximum absolute atomic E-state index is 12.7. The van der Waals surface area contributed by atoms with E-state index in [1.165, 1.54) is 22.8 Å². The highest BCUT2D eigenvalue weighted by Gasteiger charge is 2.29. The Morgan fingerprint density at radius 1 is 1.17 bits per heavy atom. The SMILES string of the molecule is Cc1ccc(C2CCCN2C(=O)CCn2ccccc2=O)cc1C. The Bertz CT molecular complexity index is 794. The van der Waals surface area contributed by atoms with Gasteiger partial charge in [0.05, 0.1) is 6.04 Å². The standard InChI is InChI=1S/C20H24N2O2/c1-15-8-9-17(14-16(15)2)18-6-5-12-22(18)20(24)10-13-21-11-4-3-7-19(21)23/h3-4,7-9,11,14,18H,5-6,10,12-13H2,1-2H3. The van der Waals surface area contributed by atoms with Crippen LogP contribution in [0.5, 0.6) is 0 Å². The molecule has 2 aromatic rings. The van der Waals surface area contributed by atoms with Gasteiger partial charge in [0, 0.05) is 31.8 Å². The van der Waals surface area contributed by atoms with Crippen LogP contribution < -0.4 is 5.56 Å². The van der Waals surface area contributed by atoms with Crippen LogP contribution in [0, 0.1) is 13.8 Å². The maximum atomic E-state index is 12.7. The van der Waals surface area contributed by atoms with Gasteiger partial charge < -0.3 is 9.47 Å². The molecule has 24 heavy (non-hydrogen) atoms. The largest absolute Gasteiger partial charge is 0.336 e. The van der Waals surface area contributed by atoms with Crippen LogP contribution in [-0.4, -0.2) is 21.9 Å². The molecule has 2 heterocycles. The number of pyridine rings is 1. The molecular weight excluding hydrogens is 300 g/mol. The number of hydrogen-bond donors (Lipinski definition) is 0. The van der Waals surface area contributed by atoms with Gasteiger partial charge in [0.15, 0.2) is 0 Å². The highest BCUT2D eigenvalue weighted by Crippen LogP contribution is 2.33. The molecule has 1 aromatic carbocycles. The summed E-state index contributed by atoms with van der Waals surface area (Å²) in [4.78, 5) is 26.4. The van der Waals surface area contributed by atoms with Crippen LogP contribution in [0.3, 0.4) is 0 Å². The summed E-state index contributed by atoms with van der Waals surface area (Å²) in [6.07, 6.45) is 4.15. The predicted octanol–water partition coefficient (Wildman–Crippen LogP) is 3.22. The third-order valence-corrected chi connectivity index (χ3v) is 4.95. The summed E-state index contributed by atoms with van der Waals surface area (Å²) in [5, 5.41) is 0. The smallest absolute Gasteiger partial charge is 0.250 e. The fraction of sp³-hybridized carbons (Fsp3) is 0.400. The van der Waals surface area contributed by atoms with Gasteiger partial charge in [-0.2, -0.15) is 0 Å². The van der Waals surface area contributed by atoms with Gasteiger partial charge in [-0.1, -0.05) is 24.3 Å². The van der Waals surface area contributed by atoms with Gasteiger partial charge in [0.1, 0.15) is 0 Å². The van der Waals surface area contributed by atoms with Gasteiger partial charge in [0.25, 0.3) is 5.56 Å². The van der Waals surface area contributed by atoms with E-state index in [-0.39, 0.29) is 17.5 Å². The van der Waals surface area contributed by atoms with Gasteiger partial charge >= 0.3 is 0 Å². The molecule has 0 spiro atoms. The monoisotopic (exact) mass is 324 g/mol. The summed E-state index contributed by atoms with van der Waals surface area (Å²) in [6, 6.07) is 11.7. The average Bonchev–Trinajstić information content (AvgIpc) is 3.06. The Morgan fingerprint density at radius 3 is 2.75 bits per heavy atom. The molecule has 1 saturated heterocycles. The molecule has 0 bridgehead atoms. The molecule has 4 heteroatoms. The number of rotatable bonds is 4. The number of aromatic nitrogens is 1. The molecule has 1 aromatic heterocycles. The van der Waals surface area contributed by atoms with E-state index in [2.05, 4.69) is 32.0 Å². The number of carbonyl (C=O) groups excluding carboxylic acids is 1. The van der Waals surface area contributed by atoms with Gasteiger partial charge in [-0.25, -0.2) is 0 Å². The minimum atomic E-state index is -0.0579. The van der Waals surface area contributed by atoms with E-state index in [9.17, 15) is 9.59 Å². The summed E-state index contributed by atoms with van der Waals surface area (Å²) < 4.78 is 1.60. The minimum absolute atomic E-state index is 0.0579. The zero-order chi connectivity index (χ0) is 17.1. The second-order valence-corrected chi connectivity index (χ2v) is 6.57. The first kappa shape index (κ1) is 16.5. The van der Waals surface area contributed by atoms with Crippen LogP contribution in [-0.2, 0) is 11.3 Å². The van der Waals surface area contributed by atoms with Crippen molar-refractivity contribution >= 4 is 5.91 Å². The first-order valence-electron chi connectivity index (χ1n) is 8.58. The average molecular weight is 324 g/mol. The number of hydrogen-bond acceptors (Lipinski definition) is 2. The highest BCUT2D eigenvalue weighted by molar-refractivity contribution is 5.77. The van der Waals surface area contributed by atoms with Crippen molar-refractivity contribution < 1.29 is 4.79 Å². The summed E-state index contributed by atoms with van der Waals surface area (Å²) in [5.74, 6) is 0.131. The lowest BCUT2D eigenvalue weighted by Gasteiger charge is -2.26. The number of aryl methyl sites for hydroxylation is 3. The van der Waals surface area contributed by atoms with E-state index in [4.69, 9.17) is 0 Å². The molecule has 1 amide bonds. The van der Waals surface area contributed by atoms with E-state index in [0.29, 0.717) is 13.0 Å². The summed E-state index contributed by atoms with van der Waals surface area (Å²) in [5.41, 5.74) is 3.71. The van der Waals surface area contributed by atoms with Crippen LogP contribution in [0.1, 0.15) is 42.0 Å². The Hall–Kier alpha value is -2.36. The number of nitrogens with zero attached hydrogens (tertiary/aromatic N) is 2. The molecule has 3 rings (SSSR count). The van der Waals surface area contributed by atoms with E-state index < -0.39 is 0 Å². The van der Waals surface area contributed by atoms with Crippen molar-refractivity contribution in [3.8, 4) is 0 Å². The first-order chi connectivity index (χ1) is 11.6. The molecular formula is C20H24N2O2. The second-order valence-electron chi connectivity index (χ2n) is 6.57. The Morgan fingerprint density at radius 2 is 2.00 bits per heavy atom. The topological polar surface area (TPSA) is 42.3 Å². The van der Waals surface area contributed by atoms with E-state index in [1.807, 2.05) is 11.0 Å². The Balaban J connectivity index is 1.70. The first-order valence-corrected chi connectivity index (χ1v) is 8.58. The van der Waals surface area contributed by atoms with E-state index in [1.54, 1.807) is 16.8 Å². The fourth-order valence-corrected chi connectivity index (χ4v) is 3.39. The molecule has 1 atom stereocenters. The van der Waals surface area contributed by atoms with E-state index >= 15 is 0 Å². The van der Waals surface area contributed by atoms with Gasteiger partial charge in [-0.3, -0.25) is 9.59 Å². The van der Waals surface area contributed by atoms with Crippen LogP contribution in [0.15, 0.2) is 47.4 Å². The lowest BCUT2D eigenvalue weighted by atomic mass is 9.99. The summed E-state index contributed by atoms with van der Waals surface area (Å²) in [7, 11) is 0. The molecule has 0 radical (unpaired) electrons. The number of amides is 1. The Labute approximate surface area is 142 Å². The van der Waals surface area contributed by atoms with Crippen LogP contribution >= 0.6 is 0 Å². The zero-order valence-electron chi connectivity index (χ0n) is 14.4. The quantitative estimate of drug-likeness (QED) is 0.866. The third-order valence-electron chi connectivity index (χ3n) is 4.95. The van der Waals surface area contributed by atoms with E-state index in [0.717, 1.165) is 19.4 Å². The summed E-state index contributed by atoms with van der Waals surface area (Å²) in [6.45, 7) is 5.46. The molecule has 1 unspecified atom stereocenters. The number of likely N-dealkylation sites (tertiary alicyclic amines) is 1. The van der Waals surface area contributed by atoms with Crippen molar-refractivity contribution in [3.63, 3.8) is 0 Å². The van der Waals surface area contributed by atoms with Crippen molar-refractivity contribution in [2.24, 2.45) is 0 Å². The van der Waals surface area contributed by atoms with Crippen LogP contribution in [0.2, 0.25) is 0 Å². The second kappa shape index (κ2) is 7.04. The number of carbonyl (C=O) groups is 1. The number of benzene rings is 1. The fourth-order valence-electron chi connectivity index (χ4n) is 3.39. The molecule has 4 nitrogen and oxygen atoms in total. The van der Waals surface area contributed by atoms with Crippen LogP contribution in [0.25, 0.3) is 0 Å². The van der Waals surface area contributed by atoms with Crippen molar-refractivity contribution in [2.75, 3.05) is 6.54 Å². The highest BCUT2D eigenvalue weighted by atomic mass is 16.2. The molecule has 0 saturated carbocycles. The third kappa shape index (κ3) is 3.42. The molecule has 0 aliphatic carbocycles. The summed E-state index contributed by atoms with van der Waals surface area (Å²) >= 11 is 0. The molecule has 1 fully saturated rings. The predicted molar refractivity (Wildman–Crippen MR) is 94.9 cm³/mol. The molecule has 1 aliphatic rings. The lowest BCUT2D eigenvalue weighted by Crippen LogP contribution is -2.32. The van der Waals surface area contributed by atoms with Crippen molar-refractivity contribution in [2.45, 2.75) is 45.7 Å². The van der Waals surface area contributed by atoms with Crippen molar-refractivity contribution in [1.29, 1.82) is 0 Å². The molecule has 126 valence electrons. The van der Waals surface area contributed by atoms with Crippen LogP contribution in [0.4, 0.5) is 0 Å². The minimum Gasteiger partial charge on any atom is -0.336 e. The van der Waals surface area contributed by atoms with Gasteiger partial charge in [-0.05, 0) is 49.4 Å². The van der Waals surface area contributed by atoms with Gasteiger partial charge in [-0.15, -0.1) is 0 Å². The molecule has 1 aliphatic heterocycles. The Kier molecular flexibility index (Phi) is 4.84. The lowest BCUT2D eigenvalue weighted by molar-refractivity contribution is -0.132. The zero-order valence-corrected chi connectivity index (χ0v) is 14.4. The van der Waals surface area contributed by atoms with Gasteiger partial charge in [0.2, 0.25) is 5.91 Å². The van der Waals surface area contributed by atoms with Crippen molar-refractivity contribution in [1.82, 2.24) is 9.47 Å². The van der Waals surface area contributed by atoms with Crippen molar-refractivity contribution in [3.05, 3.63) is 69.6 Å².